The van der Waals surface area contributed by atoms with Crippen LogP contribution in [0.25, 0.3) is 6.08 Å². The second-order valence-corrected chi connectivity index (χ2v) is 5.88. The van der Waals surface area contributed by atoms with Crippen LogP contribution in [0.4, 0.5) is 5.82 Å². The van der Waals surface area contributed by atoms with Crippen molar-refractivity contribution < 1.29 is 4.79 Å². The summed E-state index contributed by atoms with van der Waals surface area (Å²) < 4.78 is 0. The summed E-state index contributed by atoms with van der Waals surface area (Å²) in [5, 5.41) is 2.86. The molecule has 1 aliphatic heterocycles. The van der Waals surface area contributed by atoms with Gasteiger partial charge in [0.15, 0.2) is 0 Å². The maximum Gasteiger partial charge on any atom is 0.244 e. The topological polar surface area (TPSA) is 58.1 Å². The van der Waals surface area contributed by atoms with Crippen molar-refractivity contribution >= 4 is 17.8 Å². The molecule has 1 fully saturated rings. The highest BCUT2D eigenvalue weighted by atomic mass is 16.1. The summed E-state index contributed by atoms with van der Waals surface area (Å²) in [5.74, 6) is 0.889. The van der Waals surface area contributed by atoms with Crippen LogP contribution >= 0.6 is 0 Å². The van der Waals surface area contributed by atoms with Crippen LogP contribution in [0, 0.1) is 0 Å². The number of carbonyl (C=O) groups excluding carboxylic acids is 1. The third-order valence-corrected chi connectivity index (χ3v) is 4.05. The number of nitrogens with one attached hydrogen (secondary N) is 1. The number of hydrogen-bond donors (Lipinski definition) is 1. The van der Waals surface area contributed by atoms with E-state index in [1.165, 1.54) is 25.3 Å². The van der Waals surface area contributed by atoms with Crippen molar-refractivity contribution in [2.24, 2.45) is 0 Å². The van der Waals surface area contributed by atoms with E-state index in [1.54, 1.807) is 12.3 Å². The molecule has 0 spiro atoms. The summed E-state index contributed by atoms with van der Waals surface area (Å²) in [6.07, 6.45) is 10.5. The second-order valence-electron chi connectivity index (χ2n) is 5.88. The van der Waals surface area contributed by atoms with Crippen molar-refractivity contribution in [3.8, 4) is 0 Å². The summed E-state index contributed by atoms with van der Waals surface area (Å²) in [6.45, 7) is 2.64. The zero-order valence-electron chi connectivity index (χ0n) is 13.7. The third-order valence-electron chi connectivity index (χ3n) is 4.05. The lowest BCUT2D eigenvalue weighted by Crippen LogP contribution is -2.30. The summed E-state index contributed by atoms with van der Waals surface area (Å²) in [5.41, 5.74) is 1.76. The Morgan fingerprint density at radius 1 is 1.12 bits per heavy atom. The SMILES string of the molecule is O=C(C=Cc1ccccn1)NCc1ccc(N2CCCCC2)nc1. The summed E-state index contributed by atoms with van der Waals surface area (Å²) in [6, 6.07) is 9.65. The van der Waals surface area contributed by atoms with E-state index in [4.69, 9.17) is 0 Å². The first-order valence-electron chi connectivity index (χ1n) is 8.38. The van der Waals surface area contributed by atoms with Crippen molar-refractivity contribution in [1.29, 1.82) is 0 Å². The van der Waals surface area contributed by atoms with Gasteiger partial charge in [0, 0.05) is 38.1 Å². The van der Waals surface area contributed by atoms with E-state index >= 15 is 0 Å². The number of piperidine rings is 1. The van der Waals surface area contributed by atoms with Crippen molar-refractivity contribution in [2.45, 2.75) is 25.8 Å². The van der Waals surface area contributed by atoms with Gasteiger partial charge in [-0.05, 0) is 49.1 Å². The minimum atomic E-state index is -0.138. The first-order valence-corrected chi connectivity index (χ1v) is 8.38. The van der Waals surface area contributed by atoms with Gasteiger partial charge in [-0.2, -0.15) is 0 Å². The molecule has 1 N–H and O–H groups in total. The van der Waals surface area contributed by atoms with Gasteiger partial charge in [-0.1, -0.05) is 12.1 Å². The molecule has 5 heteroatoms. The minimum absolute atomic E-state index is 0.138. The van der Waals surface area contributed by atoms with Gasteiger partial charge in [0.25, 0.3) is 0 Å². The van der Waals surface area contributed by atoms with E-state index in [2.05, 4.69) is 20.2 Å². The molecule has 5 nitrogen and oxygen atoms in total. The Morgan fingerprint density at radius 3 is 2.71 bits per heavy atom. The van der Waals surface area contributed by atoms with E-state index in [0.717, 1.165) is 30.2 Å². The lowest BCUT2D eigenvalue weighted by molar-refractivity contribution is -0.116. The van der Waals surface area contributed by atoms with E-state index in [1.807, 2.05) is 36.5 Å². The smallest absolute Gasteiger partial charge is 0.244 e. The van der Waals surface area contributed by atoms with Crippen LogP contribution in [-0.4, -0.2) is 29.0 Å². The number of carbonyl (C=O) groups is 1. The summed E-state index contributed by atoms with van der Waals surface area (Å²) >= 11 is 0. The molecular weight excluding hydrogens is 300 g/mol. The minimum Gasteiger partial charge on any atom is -0.357 e. The monoisotopic (exact) mass is 322 g/mol. The zero-order chi connectivity index (χ0) is 16.6. The fraction of sp³-hybridized carbons (Fsp3) is 0.316. The molecule has 0 atom stereocenters. The Hall–Kier alpha value is -2.69. The van der Waals surface area contributed by atoms with Crippen LogP contribution < -0.4 is 10.2 Å². The van der Waals surface area contributed by atoms with Crippen LogP contribution in [0.1, 0.15) is 30.5 Å². The number of amides is 1. The molecule has 2 aromatic rings. The fourth-order valence-corrected chi connectivity index (χ4v) is 2.72. The van der Waals surface area contributed by atoms with E-state index in [9.17, 15) is 4.79 Å². The average molecular weight is 322 g/mol. The molecule has 0 saturated carbocycles. The fourth-order valence-electron chi connectivity index (χ4n) is 2.72. The molecule has 124 valence electrons. The molecule has 3 rings (SSSR count). The van der Waals surface area contributed by atoms with Crippen LogP contribution in [0.2, 0.25) is 0 Å². The van der Waals surface area contributed by atoms with E-state index in [-0.39, 0.29) is 5.91 Å². The van der Waals surface area contributed by atoms with Gasteiger partial charge in [0.2, 0.25) is 5.91 Å². The van der Waals surface area contributed by atoms with Gasteiger partial charge >= 0.3 is 0 Å². The predicted molar refractivity (Wildman–Crippen MR) is 95.4 cm³/mol. The van der Waals surface area contributed by atoms with Gasteiger partial charge < -0.3 is 10.2 Å². The van der Waals surface area contributed by atoms with Crippen LogP contribution in [0.15, 0.2) is 48.8 Å². The molecule has 24 heavy (non-hydrogen) atoms. The molecule has 3 heterocycles. The largest absolute Gasteiger partial charge is 0.357 e. The Bertz CT molecular complexity index is 676. The molecule has 0 unspecified atom stereocenters. The molecular formula is C19H22N4O. The highest BCUT2D eigenvalue weighted by molar-refractivity contribution is 5.91. The van der Waals surface area contributed by atoms with Gasteiger partial charge in [-0.3, -0.25) is 9.78 Å². The Balaban J connectivity index is 1.49. The highest BCUT2D eigenvalue weighted by Gasteiger charge is 2.11. The molecule has 1 saturated heterocycles. The zero-order valence-corrected chi connectivity index (χ0v) is 13.7. The molecule has 0 bridgehead atoms. The highest BCUT2D eigenvalue weighted by Crippen LogP contribution is 2.17. The molecule has 0 aromatic carbocycles. The van der Waals surface area contributed by atoms with Crippen molar-refractivity contribution in [2.75, 3.05) is 18.0 Å². The number of aromatic nitrogens is 2. The van der Waals surface area contributed by atoms with Gasteiger partial charge in [-0.15, -0.1) is 0 Å². The average Bonchev–Trinajstić information content (AvgIpc) is 2.67. The predicted octanol–water partition coefficient (Wildman–Crippen LogP) is 2.80. The van der Waals surface area contributed by atoms with Crippen molar-refractivity contribution in [3.05, 3.63) is 60.1 Å². The van der Waals surface area contributed by atoms with Crippen LogP contribution in [0.5, 0.6) is 0 Å². The first kappa shape index (κ1) is 16.2. The number of pyridine rings is 2. The number of anilines is 1. The first-order chi connectivity index (χ1) is 11.8. The quantitative estimate of drug-likeness (QED) is 0.860. The third kappa shape index (κ3) is 4.65. The van der Waals surface area contributed by atoms with Gasteiger partial charge in [-0.25, -0.2) is 4.98 Å². The number of hydrogen-bond acceptors (Lipinski definition) is 4. The Morgan fingerprint density at radius 2 is 2.00 bits per heavy atom. The summed E-state index contributed by atoms with van der Waals surface area (Å²) in [4.78, 5) is 22.8. The molecule has 2 aromatic heterocycles. The van der Waals surface area contributed by atoms with E-state index in [0.29, 0.717) is 6.54 Å². The molecule has 0 aliphatic carbocycles. The lowest BCUT2D eigenvalue weighted by atomic mass is 10.1. The Kier molecular flexibility index (Phi) is 5.56. The number of rotatable bonds is 5. The van der Waals surface area contributed by atoms with Crippen LogP contribution in [0.3, 0.4) is 0 Å². The standard InChI is InChI=1S/C19H22N4O/c24-19(10-8-17-6-2-3-11-20-17)22-15-16-7-9-18(21-14-16)23-12-4-1-5-13-23/h2-3,6-11,14H,1,4-5,12-13,15H2,(H,22,24). The molecule has 0 radical (unpaired) electrons. The Labute approximate surface area is 142 Å². The van der Waals surface area contributed by atoms with Gasteiger partial charge in [0.1, 0.15) is 5.82 Å². The maximum atomic E-state index is 11.8. The lowest BCUT2D eigenvalue weighted by Gasteiger charge is -2.27. The maximum absolute atomic E-state index is 11.8. The normalized spacial score (nSPS) is 14.8. The number of nitrogens with zero attached hydrogens (tertiary/aromatic N) is 3. The summed E-state index contributed by atoms with van der Waals surface area (Å²) in [7, 11) is 0. The second kappa shape index (κ2) is 8.24. The van der Waals surface area contributed by atoms with Crippen molar-refractivity contribution in [1.82, 2.24) is 15.3 Å². The van der Waals surface area contributed by atoms with E-state index < -0.39 is 0 Å². The molecule has 1 aliphatic rings. The van der Waals surface area contributed by atoms with Crippen LogP contribution in [-0.2, 0) is 11.3 Å². The molecule has 1 amide bonds. The van der Waals surface area contributed by atoms with Gasteiger partial charge in [0.05, 0.1) is 5.69 Å². The van der Waals surface area contributed by atoms with Crippen molar-refractivity contribution in [3.63, 3.8) is 0 Å².